The second-order valence-corrected chi connectivity index (χ2v) is 8.16. The van der Waals surface area contributed by atoms with Gasteiger partial charge in [0.15, 0.2) is 0 Å². The lowest BCUT2D eigenvalue weighted by molar-refractivity contribution is -0.122. The van der Waals surface area contributed by atoms with Gasteiger partial charge in [0.2, 0.25) is 6.35 Å². The third kappa shape index (κ3) is 4.35. The molecule has 0 saturated carbocycles. The Hall–Kier alpha value is -2.27. The Morgan fingerprint density at radius 3 is 2.55 bits per heavy atom. The van der Waals surface area contributed by atoms with Gasteiger partial charge >= 0.3 is 0 Å². The van der Waals surface area contributed by atoms with Crippen LogP contribution in [0, 0.1) is 5.92 Å². The van der Waals surface area contributed by atoms with Crippen LogP contribution in [0.2, 0.25) is 10.0 Å². The Labute approximate surface area is 180 Å². The highest BCUT2D eigenvalue weighted by Gasteiger charge is 2.30. The van der Waals surface area contributed by atoms with E-state index in [0.29, 0.717) is 22.0 Å². The van der Waals surface area contributed by atoms with E-state index in [1.54, 1.807) is 6.07 Å². The molecule has 2 atom stereocenters. The standard InChI is InChI=1S/C23H22Cl2N2O2/c24-19-8-4-7-17(20(19)25)15-9-11-16(12-10-15)21-18(22(28)27-23(29)26-21)13-14-5-2-1-3-6-14/h1-9,16,23,26,29H,10-13H2,(H,27,28). The van der Waals surface area contributed by atoms with E-state index in [1.807, 2.05) is 42.5 Å². The number of carbonyl (C=O) groups is 1. The normalized spacial score (nSPS) is 22.0. The van der Waals surface area contributed by atoms with Gasteiger partial charge < -0.3 is 15.7 Å². The Bertz CT molecular complexity index is 986. The van der Waals surface area contributed by atoms with Crippen LogP contribution < -0.4 is 10.6 Å². The number of nitrogens with one attached hydrogen (secondary N) is 2. The molecular weight excluding hydrogens is 407 g/mol. The molecule has 1 aliphatic heterocycles. The SMILES string of the molecule is O=C1NC(O)NC(C2CC=C(c3cccc(Cl)c3Cl)CC2)=C1Cc1ccccc1. The van der Waals surface area contributed by atoms with Crippen molar-refractivity contribution in [2.45, 2.75) is 32.0 Å². The first kappa shape index (κ1) is 20.0. The van der Waals surface area contributed by atoms with Gasteiger partial charge in [0.1, 0.15) is 0 Å². The van der Waals surface area contributed by atoms with Crippen LogP contribution in [0.25, 0.3) is 5.57 Å². The van der Waals surface area contributed by atoms with Crippen LogP contribution in [0.1, 0.15) is 30.4 Å². The lowest BCUT2D eigenvalue weighted by Gasteiger charge is -2.33. The van der Waals surface area contributed by atoms with Crippen molar-refractivity contribution < 1.29 is 9.90 Å². The monoisotopic (exact) mass is 428 g/mol. The fourth-order valence-corrected chi connectivity index (χ4v) is 4.46. The number of hydrogen-bond donors (Lipinski definition) is 3. The minimum Gasteiger partial charge on any atom is -0.356 e. The minimum atomic E-state index is -1.07. The van der Waals surface area contributed by atoms with Gasteiger partial charge in [-0.3, -0.25) is 4.79 Å². The maximum Gasteiger partial charge on any atom is 0.252 e. The molecule has 0 fully saturated rings. The zero-order valence-electron chi connectivity index (χ0n) is 15.8. The summed E-state index contributed by atoms with van der Waals surface area (Å²) in [6.07, 6.45) is 4.07. The minimum absolute atomic E-state index is 0.135. The number of halogens is 2. The zero-order valence-corrected chi connectivity index (χ0v) is 17.3. The van der Waals surface area contributed by atoms with Crippen LogP contribution in [0.15, 0.2) is 65.9 Å². The van der Waals surface area contributed by atoms with Gasteiger partial charge in [-0.15, -0.1) is 0 Å². The van der Waals surface area contributed by atoms with Crippen molar-refractivity contribution in [3.8, 4) is 0 Å². The number of benzene rings is 2. The number of carbonyl (C=O) groups excluding carboxylic acids is 1. The number of aliphatic hydroxyl groups is 1. The fourth-order valence-electron chi connectivity index (χ4n) is 4.04. The molecule has 150 valence electrons. The molecule has 2 unspecified atom stereocenters. The van der Waals surface area contributed by atoms with Gasteiger partial charge in [0.05, 0.1) is 10.0 Å². The summed E-state index contributed by atoms with van der Waals surface area (Å²) in [5.41, 5.74) is 4.71. The summed E-state index contributed by atoms with van der Waals surface area (Å²) in [4.78, 5) is 12.6. The molecule has 4 nitrogen and oxygen atoms in total. The van der Waals surface area contributed by atoms with Crippen LogP contribution >= 0.6 is 23.2 Å². The predicted molar refractivity (Wildman–Crippen MR) is 116 cm³/mol. The van der Waals surface area contributed by atoms with Crippen molar-refractivity contribution in [3.63, 3.8) is 0 Å². The van der Waals surface area contributed by atoms with Crippen molar-refractivity contribution in [2.75, 3.05) is 0 Å². The molecule has 0 spiro atoms. The molecule has 2 aromatic carbocycles. The Balaban J connectivity index is 1.61. The predicted octanol–water partition coefficient (Wildman–Crippen LogP) is 4.67. The zero-order chi connectivity index (χ0) is 20.4. The second-order valence-electron chi connectivity index (χ2n) is 7.38. The average Bonchev–Trinajstić information content (AvgIpc) is 2.73. The molecule has 4 rings (SSSR count). The molecule has 0 bridgehead atoms. The van der Waals surface area contributed by atoms with Crippen molar-refractivity contribution in [2.24, 2.45) is 5.92 Å². The van der Waals surface area contributed by atoms with Gasteiger partial charge in [-0.05, 0) is 42.0 Å². The van der Waals surface area contributed by atoms with E-state index < -0.39 is 6.35 Å². The molecule has 29 heavy (non-hydrogen) atoms. The second kappa shape index (κ2) is 8.62. The summed E-state index contributed by atoms with van der Waals surface area (Å²) in [6, 6.07) is 15.6. The first-order valence-corrected chi connectivity index (χ1v) is 10.4. The van der Waals surface area contributed by atoms with Gasteiger partial charge in [0.25, 0.3) is 5.91 Å². The Morgan fingerprint density at radius 2 is 1.83 bits per heavy atom. The highest BCUT2D eigenvalue weighted by Crippen LogP contribution is 2.39. The van der Waals surface area contributed by atoms with Crippen LogP contribution in [0.4, 0.5) is 0 Å². The summed E-state index contributed by atoms with van der Waals surface area (Å²) in [5.74, 6) is -0.0844. The van der Waals surface area contributed by atoms with E-state index in [-0.39, 0.29) is 11.8 Å². The smallest absolute Gasteiger partial charge is 0.252 e. The molecule has 1 aliphatic carbocycles. The molecule has 1 amide bonds. The third-order valence-electron chi connectivity index (χ3n) is 5.50. The quantitative estimate of drug-likeness (QED) is 0.662. The Morgan fingerprint density at radius 1 is 1.03 bits per heavy atom. The van der Waals surface area contributed by atoms with Crippen molar-refractivity contribution in [1.29, 1.82) is 0 Å². The molecule has 1 heterocycles. The van der Waals surface area contributed by atoms with E-state index in [4.69, 9.17) is 23.2 Å². The van der Waals surface area contributed by atoms with Gasteiger partial charge in [-0.1, -0.05) is 71.7 Å². The Kier molecular flexibility index (Phi) is 5.95. The van der Waals surface area contributed by atoms with Gasteiger partial charge in [-0.25, -0.2) is 0 Å². The molecule has 0 radical (unpaired) electrons. The van der Waals surface area contributed by atoms with Crippen LogP contribution in [0.3, 0.4) is 0 Å². The lowest BCUT2D eigenvalue weighted by atomic mass is 9.82. The van der Waals surface area contributed by atoms with Crippen LogP contribution in [0.5, 0.6) is 0 Å². The lowest BCUT2D eigenvalue weighted by Crippen LogP contribution is -2.52. The fraction of sp³-hybridized carbons (Fsp3) is 0.261. The van der Waals surface area contributed by atoms with E-state index in [9.17, 15) is 9.90 Å². The third-order valence-corrected chi connectivity index (χ3v) is 6.32. The topological polar surface area (TPSA) is 61.4 Å². The van der Waals surface area contributed by atoms with Crippen molar-refractivity contribution in [3.05, 3.63) is 87.0 Å². The summed E-state index contributed by atoms with van der Waals surface area (Å²) >= 11 is 12.5. The number of hydrogen-bond acceptors (Lipinski definition) is 3. The first-order chi connectivity index (χ1) is 14.0. The molecule has 0 aromatic heterocycles. The molecule has 0 saturated heterocycles. The highest BCUT2D eigenvalue weighted by atomic mass is 35.5. The molecule has 2 aliphatic rings. The first-order valence-electron chi connectivity index (χ1n) is 9.69. The van der Waals surface area contributed by atoms with E-state index >= 15 is 0 Å². The largest absolute Gasteiger partial charge is 0.356 e. The number of allylic oxidation sites excluding steroid dienone is 3. The average molecular weight is 429 g/mol. The van der Waals surface area contributed by atoms with Gasteiger partial charge in [0, 0.05) is 23.6 Å². The molecule has 2 aromatic rings. The summed E-state index contributed by atoms with van der Waals surface area (Å²) in [6.45, 7) is 0. The van der Waals surface area contributed by atoms with Crippen molar-refractivity contribution >= 4 is 34.7 Å². The molecule has 3 N–H and O–H groups in total. The van der Waals surface area contributed by atoms with Gasteiger partial charge in [-0.2, -0.15) is 0 Å². The van der Waals surface area contributed by atoms with E-state index in [0.717, 1.165) is 36.1 Å². The number of rotatable bonds is 4. The highest BCUT2D eigenvalue weighted by molar-refractivity contribution is 6.43. The molecular formula is C23H22Cl2N2O2. The van der Waals surface area contributed by atoms with Crippen LogP contribution in [-0.4, -0.2) is 17.4 Å². The number of amides is 1. The van der Waals surface area contributed by atoms with Crippen molar-refractivity contribution in [1.82, 2.24) is 10.6 Å². The summed E-state index contributed by atoms with van der Waals surface area (Å²) < 4.78 is 0. The van der Waals surface area contributed by atoms with Crippen LogP contribution in [-0.2, 0) is 11.2 Å². The van der Waals surface area contributed by atoms with E-state index in [2.05, 4.69) is 16.7 Å². The summed E-state index contributed by atoms with van der Waals surface area (Å²) in [5, 5.41) is 16.8. The maximum absolute atomic E-state index is 12.6. The molecule has 6 heteroatoms. The summed E-state index contributed by atoms with van der Waals surface area (Å²) in [7, 11) is 0. The van der Waals surface area contributed by atoms with E-state index in [1.165, 1.54) is 5.57 Å². The number of aliphatic hydroxyl groups excluding tert-OH is 1. The maximum atomic E-state index is 12.6.